The predicted octanol–water partition coefficient (Wildman–Crippen LogP) is 2.62. The number of rotatable bonds is 5. The molecule has 1 aliphatic heterocycles. The second-order valence-corrected chi connectivity index (χ2v) is 3.69. The normalized spacial score (nSPS) is 17.3. The van der Waals surface area contributed by atoms with Crippen LogP contribution < -0.4 is 5.32 Å². The molecule has 0 saturated carbocycles. The third-order valence-corrected chi connectivity index (χ3v) is 2.49. The van der Waals surface area contributed by atoms with Gasteiger partial charge in [-0.25, -0.2) is 0 Å². The second-order valence-electron chi connectivity index (χ2n) is 3.69. The van der Waals surface area contributed by atoms with Crippen molar-refractivity contribution in [1.29, 1.82) is 0 Å². The van der Waals surface area contributed by atoms with Gasteiger partial charge in [0, 0.05) is 12.0 Å². The average molecular weight is 207 g/mol. The zero-order chi connectivity index (χ0) is 10.5. The Morgan fingerprint density at radius 3 is 3.07 bits per heavy atom. The van der Waals surface area contributed by atoms with Crippen LogP contribution in [-0.2, 0) is 4.74 Å². The highest BCUT2D eigenvalue weighted by Gasteiger charge is 2.20. The summed E-state index contributed by atoms with van der Waals surface area (Å²) in [4.78, 5) is 0. The third kappa shape index (κ3) is 2.42. The molecule has 1 aromatic rings. The summed E-state index contributed by atoms with van der Waals surface area (Å²) in [6, 6.07) is 2.14. The number of furan rings is 1. The van der Waals surface area contributed by atoms with Gasteiger partial charge >= 0.3 is 0 Å². The quantitative estimate of drug-likeness (QED) is 0.806. The van der Waals surface area contributed by atoms with Gasteiger partial charge in [0.2, 0.25) is 0 Å². The fourth-order valence-corrected chi connectivity index (χ4v) is 1.75. The van der Waals surface area contributed by atoms with Gasteiger partial charge in [0.25, 0.3) is 0 Å². The van der Waals surface area contributed by atoms with E-state index in [9.17, 15) is 0 Å². The second kappa shape index (κ2) is 5.03. The molecule has 1 aromatic heterocycles. The van der Waals surface area contributed by atoms with E-state index in [-0.39, 0.29) is 6.04 Å². The molecule has 3 nitrogen and oxygen atoms in total. The van der Waals surface area contributed by atoms with E-state index in [2.05, 4.69) is 18.3 Å². The SMILES string of the molecule is CCCNC(C1=CCCO1)c1ccoc1. The van der Waals surface area contributed by atoms with Crippen LogP contribution in [0.15, 0.2) is 34.8 Å². The van der Waals surface area contributed by atoms with Crippen molar-refractivity contribution in [3.05, 3.63) is 36.0 Å². The van der Waals surface area contributed by atoms with Crippen LogP contribution in [0.25, 0.3) is 0 Å². The van der Waals surface area contributed by atoms with Crippen molar-refractivity contribution in [2.75, 3.05) is 13.2 Å². The smallest absolute Gasteiger partial charge is 0.114 e. The Morgan fingerprint density at radius 2 is 2.47 bits per heavy atom. The Hall–Kier alpha value is -1.22. The van der Waals surface area contributed by atoms with Gasteiger partial charge in [0.1, 0.15) is 5.76 Å². The van der Waals surface area contributed by atoms with Crippen LogP contribution in [0.2, 0.25) is 0 Å². The molecule has 1 atom stereocenters. The van der Waals surface area contributed by atoms with Gasteiger partial charge in [-0.05, 0) is 25.1 Å². The molecule has 3 heteroatoms. The van der Waals surface area contributed by atoms with E-state index in [1.54, 1.807) is 12.5 Å². The zero-order valence-corrected chi connectivity index (χ0v) is 9.03. The molecule has 0 amide bonds. The van der Waals surface area contributed by atoms with Crippen molar-refractivity contribution in [1.82, 2.24) is 5.32 Å². The zero-order valence-electron chi connectivity index (χ0n) is 9.03. The van der Waals surface area contributed by atoms with Crippen LogP contribution in [0.3, 0.4) is 0 Å². The van der Waals surface area contributed by atoms with E-state index in [1.165, 1.54) is 0 Å². The van der Waals surface area contributed by atoms with Gasteiger partial charge in [-0.1, -0.05) is 6.92 Å². The molecule has 82 valence electrons. The summed E-state index contributed by atoms with van der Waals surface area (Å²) in [5.41, 5.74) is 1.14. The summed E-state index contributed by atoms with van der Waals surface area (Å²) in [5, 5.41) is 3.46. The average Bonchev–Trinajstić information content (AvgIpc) is 2.90. The lowest BCUT2D eigenvalue weighted by atomic mass is 10.1. The van der Waals surface area contributed by atoms with Crippen molar-refractivity contribution in [2.24, 2.45) is 0 Å². The molecular weight excluding hydrogens is 190 g/mol. The standard InChI is InChI=1S/C12H17NO2/c1-2-6-13-12(10-5-8-14-9-10)11-4-3-7-15-11/h4-5,8-9,12-13H,2-3,6-7H2,1H3. The molecule has 0 aromatic carbocycles. The fraction of sp³-hybridized carbons (Fsp3) is 0.500. The molecule has 1 N–H and O–H groups in total. The lowest BCUT2D eigenvalue weighted by Gasteiger charge is -2.18. The number of hydrogen-bond acceptors (Lipinski definition) is 3. The van der Waals surface area contributed by atoms with Gasteiger partial charge in [-0.2, -0.15) is 0 Å². The molecule has 2 rings (SSSR count). The van der Waals surface area contributed by atoms with Gasteiger partial charge < -0.3 is 14.5 Å². The van der Waals surface area contributed by atoms with Gasteiger partial charge in [0.05, 0.1) is 25.2 Å². The first-order chi connectivity index (χ1) is 7.42. The van der Waals surface area contributed by atoms with Gasteiger partial charge in [0.15, 0.2) is 0 Å². The Kier molecular flexibility index (Phi) is 3.45. The van der Waals surface area contributed by atoms with E-state index in [4.69, 9.17) is 9.15 Å². The maximum Gasteiger partial charge on any atom is 0.114 e. The fourth-order valence-electron chi connectivity index (χ4n) is 1.75. The molecule has 0 fully saturated rings. The highest BCUT2D eigenvalue weighted by Crippen LogP contribution is 2.26. The van der Waals surface area contributed by atoms with E-state index in [1.807, 2.05) is 6.07 Å². The summed E-state index contributed by atoms with van der Waals surface area (Å²) in [7, 11) is 0. The first-order valence-corrected chi connectivity index (χ1v) is 5.50. The Bertz CT molecular complexity index is 316. The summed E-state index contributed by atoms with van der Waals surface area (Å²) >= 11 is 0. The van der Waals surface area contributed by atoms with Crippen molar-refractivity contribution in [3.8, 4) is 0 Å². The van der Waals surface area contributed by atoms with Crippen LogP contribution in [0.5, 0.6) is 0 Å². The molecule has 0 aliphatic carbocycles. The van der Waals surface area contributed by atoms with Gasteiger partial charge in [-0.15, -0.1) is 0 Å². The summed E-state index contributed by atoms with van der Waals surface area (Å²) in [6.07, 6.45) is 7.75. The third-order valence-electron chi connectivity index (χ3n) is 2.49. The number of hydrogen-bond donors (Lipinski definition) is 1. The molecule has 15 heavy (non-hydrogen) atoms. The van der Waals surface area contributed by atoms with E-state index in [0.717, 1.165) is 37.3 Å². The Morgan fingerprint density at radius 1 is 1.53 bits per heavy atom. The summed E-state index contributed by atoms with van der Waals surface area (Å²) in [6.45, 7) is 3.94. The predicted molar refractivity (Wildman–Crippen MR) is 58.4 cm³/mol. The van der Waals surface area contributed by atoms with E-state index < -0.39 is 0 Å². The first kappa shape index (κ1) is 10.3. The van der Waals surface area contributed by atoms with Crippen molar-refractivity contribution in [3.63, 3.8) is 0 Å². The molecule has 1 aliphatic rings. The lowest BCUT2D eigenvalue weighted by Crippen LogP contribution is -2.23. The molecule has 0 saturated heterocycles. The Labute approximate surface area is 90.1 Å². The van der Waals surface area contributed by atoms with E-state index >= 15 is 0 Å². The molecular formula is C12H17NO2. The highest BCUT2D eigenvalue weighted by molar-refractivity contribution is 5.22. The number of nitrogens with one attached hydrogen (secondary N) is 1. The summed E-state index contributed by atoms with van der Waals surface area (Å²) in [5.74, 6) is 1.03. The van der Waals surface area contributed by atoms with Crippen molar-refractivity contribution >= 4 is 0 Å². The minimum absolute atomic E-state index is 0.159. The lowest BCUT2D eigenvalue weighted by molar-refractivity contribution is 0.215. The largest absolute Gasteiger partial charge is 0.496 e. The van der Waals surface area contributed by atoms with Crippen LogP contribution >= 0.6 is 0 Å². The monoisotopic (exact) mass is 207 g/mol. The Balaban J connectivity index is 2.09. The van der Waals surface area contributed by atoms with Crippen LogP contribution in [0.1, 0.15) is 31.4 Å². The van der Waals surface area contributed by atoms with E-state index in [0.29, 0.717) is 0 Å². The minimum Gasteiger partial charge on any atom is -0.496 e. The maximum absolute atomic E-state index is 5.59. The molecule has 0 spiro atoms. The van der Waals surface area contributed by atoms with Gasteiger partial charge in [-0.3, -0.25) is 0 Å². The molecule has 0 bridgehead atoms. The summed E-state index contributed by atoms with van der Waals surface area (Å²) < 4.78 is 10.7. The molecule has 1 unspecified atom stereocenters. The van der Waals surface area contributed by atoms with Crippen molar-refractivity contribution < 1.29 is 9.15 Å². The van der Waals surface area contributed by atoms with Crippen molar-refractivity contribution in [2.45, 2.75) is 25.8 Å². The number of ether oxygens (including phenoxy) is 1. The van der Waals surface area contributed by atoms with Crippen LogP contribution in [0, 0.1) is 0 Å². The molecule has 0 radical (unpaired) electrons. The minimum atomic E-state index is 0.159. The van der Waals surface area contributed by atoms with Crippen LogP contribution in [0.4, 0.5) is 0 Å². The van der Waals surface area contributed by atoms with Crippen LogP contribution in [-0.4, -0.2) is 13.2 Å². The molecule has 2 heterocycles. The topological polar surface area (TPSA) is 34.4 Å². The maximum atomic E-state index is 5.59. The highest BCUT2D eigenvalue weighted by atomic mass is 16.5. The first-order valence-electron chi connectivity index (χ1n) is 5.50.